The van der Waals surface area contributed by atoms with Crippen LogP contribution in [-0.2, 0) is 5.41 Å². The molecule has 1 heteroatoms. The van der Waals surface area contributed by atoms with Gasteiger partial charge in [-0.15, -0.1) is 0 Å². The molecule has 1 aromatic rings. The molecule has 0 aliphatic heterocycles. The topological polar surface area (TPSA) is 0 Å². The van der Waals surface area contributed by atoms with Crippen molar-refractivity contribution in [2.75, 3.05) is 0 Å². The second-order valence-corrected chi connectivity index (χ2v) is 4.22. The van der Waals surface area contributed by atoms with E-state index in [-0.39, 0.29) is 11.2 Å². The van der Waals surface area contributed by atoms with Gasteiger partial charge in [-0.25, -0.2) is 4.39 Å². The lowest BCUT2D eigenvalue weighted by atomic mass is 9.81. The van der Waals surface area contributed by atoms with E-state index in [2.05, 4.69) is 20.8 Å². The summed E-state index contributed by atoms with van der Waals surface area (Å²) in [5.74, 6) is -0.0770. The van der Waals surface area contributed by atoms with Crippen molar-refractivity contribution >= 4 is 0 Å². The minimum atomic E-state index is -0.0770. The Morgan fingerprint density at radius 2 is 1.92 bits per heavy atom. The molecule has 0 aliphatic carbocycles. The van der Waals surface area contributed by atoms with E-state index in [1.807, 2.05) is 19.1 Å². The molecule has 0 spiro atoms. The van der Waals surface area contributed by atoms with Gasteiger partial charge in [0.05, 0.1) is 0 Å². The first-order chi connectivity index (χ1) is 5.97. The molecular weight excluding hydrogens is 163 g/mol. The lowest BCUT2D eigenvalue weighted by Crippen LogP contribution is -2.17. The summed E-state index contributed by atoms with van der Waals surface area (Å²) >= 11 is 0. The van der Waals surface area contributed by atoms with Crippen molar-refractivity contribution in [3.63, 3.8) is 0 Å². The molecule has 72 valence electrons. The van der Waals surface area contributed by atoms with Crippen LogP contribution in [-0.4, -0.2) is 0 Å². The van der Waals surface area contributed by atoms with Gasteiger partial charge in [0.25, 0.3) is 0 Å². The van der Waals surface area contributed by atoms with Crippen LogP contribution in [0.4, 0.5) is 4.39 Å². The number of halogens is 1. The van der Waals surface area contributed by atoms with Crippen LogP contribution >= 0.6 is 0 Å². The zero-order valence-electron chi connectivity index (χ0n) is 8.82. The Morgan fingerprint density at radius 1 is 1.31 bits per heavy atom. The van der Waals surface area contributed by atoms with Crippen LogP contribution in [0.1, 0.15) is 38.3 Å². The monoisotopic (exact) mass is 180 g/mol. The van der Waals surface area contributed by atoms with Gasteiger partial charge in [-0.1, -0.05) is 32.9 Å². The van der Waals surface area contributed by atoms with E-state index in [0.717, 1.165) is 17.5 Å². The van der Waals surface area contributed by atoms with Gasteiger partial charge in [-0.05, 0) is 36.0 Å². The van der Waals surface area contributed by atoms with E-state index in [4.69, 9.17) is 0 Å². The Morgan fingerprint density at radius 3 is 2.38 bits per heavy atom. The first-order valence-corrected chi connectivity index (χ1v) is 4.74. The summed E-state index contributed by atoms with van der Waals surface area (Å²) in [5.41, 5.74) is 1.74. The first kappa shape index (κ1) is 10.2. The maximum absolute atomic E-state index is 13.5. The maximum atomic E-state index is 13.5. The fourth-order valence-electron chi connectivity index (χ4n) is 1.36. The van der Waals surface area contributed by atoms with Gasteiger partial charge >= 0.3 is 0 Å². The second-order valence-electron chi connectivity index (χ2n) is 4.22. The average molecular weight is 180 g/mol. The average Bonchev–Trinajstić information content (AvgIpc) is 2.03. The smallest absolute Gasteiger partial charge is 0.127 e. The lowest BCUT2D eigenvalue weighted by Gasteiger charge is -2.23. The number of rotatable bonds is 2. The molecule has 0 fully saturated rings. The van der Waals surface area contributed by atoms with Crippen LogP contribution in [0.5, 0.6) is 0 Å². The molecule has 0 N–H and O–H groups in total. The van der Waals surface area contributed by atoms with Crippen molar-refractivity contribution in [1.82, 2.24) is 0 Å². The number of benzene rings is 1. The second kappa shape index (κ2) is 3.49. The molecule has 0 saturated carbocycles. The Bertz CT molecular complexity index is 300. The van der Waals surface area contributed by atoms with E-state index in [1.54, 1.807) is 6.07 Å². The quantitative estimate of drug-likeness (QED) is 0.649. The Balaban J connectivity index is 3.16. The van der Waals surface area contributed by atoms with Gasteiger partial charge in [0.2, 0.25) is 0 Å². The SMILES string of the molecule is CCC(C)(C)c1ccc(C)cc1F. The fraction of sp³-hybridized carbons (Fsp3) is 0.500. The van der Waals surface area contributed by atoms with Gasteiger partial charge in [0.15, 0.2) is 0 Å². The summed E-state index contributed by atoms with van der Waals surface area (Å²) in [6, 6.07) is 5.47. The van der Waals surface area contributed by atoms with E-state index in [9.17, 15) is 4.39 Å². The van der Waals surface area contributed by atoms with Gasteiger partial charge < -0.3 is 0 Å². The van der Waals surface area contributed by atoms with E-state index in [0.29, 0.717) is 0 Å². The molecule has 13 heavy (non-hydrogen) atoms. The molecule has 0 saturated heterocycles. The lowest BCUT2D eigenvalue weighted by molar-refractivity contribution is 0.469. The summed E-state index contributed by atoms with van der Waals surface area (Å²) in [5, 5.41) is 0. The molecule has 0 bridgehead atoms. The maximum Gasteiger partial charge on any atom is 0.127 e. The van der Waals surface area contributed by atoms with Crippen LogP contribution in [0.3, 0.4) is 0 Å². The van der Waals surface area contributed by atoms with Gasteiger partial charge in [0, 0.05) is 0 Å². The number of hydrogen-bond acceptors (Lipinski definition) is 0. The van der Waals surface area contributed by atoms with Crippen molar-refractivity contribution in [2.24, 2.45) is 0 Å². The van der Waals surface area contributed by atoms with Crippen molar-refractivity contribution in [1.29, 1.82) is 0 Å². The van der Waals surface area contributed by atoms with Crippen LogP contribution in [0.15, 0.2) is 18.2 Å². The van der Waals surface area contributed by atoms with Crippen molar-refractivity contribution in [3.8, 4) is 0 Å². The third kappa shape index (κ3) is 2.09. The minimum absolute atomic E-state index is 0.0578. The standard InChI is InChI=1S/C12H17F/c1-5-12(3,4)10-7-6-9(2)8-11(10)13/h6-8H,5H2,1-4H3. The Hall–Kier alpha value is -0.850. The van der Waals surface area contributed by atoms with E-state index >= 15 is 0 Å². The third-order valence-electron chi connectivity index (χ3n) is 2.74. The molecule has 0 atom stereocenters. The minimum Gasteiger partial charge on any atom is -0.207 e. The molecule has 0 radical (unpaired) electrons. The van der Waals surface area contributed by atoms with Crippen LogP contribution in [0.25, 0.3) is 0 Å². The summed E-state index contributed by atoms with van der Waals surface area (Å²) in [6.45, 7) is 8.13. The third-order valence-corrected chi connectivity index (χ3v) is 2.74. The highest BCUT2D eigenvalue weighted by molar-refractivity contribution is 5.29. The van der Waals surface area contributed by atoms with E-state index in [1.165, 1.54) is 0 Å². The fourth-order valence-corrected chi connectivity index (χ4v) is 1.36. The Kier molecular flexibility index (Phi) is 2.74. The zero-order chi connectivity index (χ0) is 10.1. The zero-order valence-corrected chi connectivity index (χ0v) is 8.82. The highest BCUT2D eigenvalue weighted by atomic mass is 19.1. The molecule has 0 aliphatic rings. The summed E-state index contributed by atoms with van der Waals surface area (Å²) in [4.78, 5) is 0. The molecule has 0 aromatic heterocycles. The Labute approximate surface area is 79.8 Å². The molecule has 0 amide bonds. The normalized spacial score (nSPS) is 11.8. The van der Waals surface area contributed by atoms with Crippen molar-refractivity contribution < 1.29 is 4.39 Å². The van der Waals surface area contributed by atoms with Gasteiger partial charge in [-0.3, -0.25) is 0 Å². The molecule has 0 nitrogen and oxygen atoms in total. The van der Waals surface area contributed by atoms with Crippen molar-refractivity contribution in [3.05, 3.63) is 35.1 Å². The van der Waals surface area contributed by atoms with Crippen LogP contribution < -0.4 is 0 Å². The van der Waals surface area contributed by atoms with Crippen LogP contribution in [0, 0.1) is 12.7 Å². The van der Waals surface area contributed by atoms with Crippen LogP contribution in [0.2, 0.25) is 0 Å². The van der Waals surface area contributed by atoms with Gasteiger partial charge in [-0.2, -0.15) is 0 Å². The molecule has 1 aromatic carbocycles. The largest absolute Gasteiger partial charge is 0.207 e. The molecule has 0 unspecified atom stereocenters. The highest BCUT2D eigenvalue weighted by Gasteiger charge is 2.21. The summed E-state index contributed by atoms with van der Waals surface area (Å²) in [7, 11) is 0. The van der Waals surface area contributed by atoms with E-state index < -0.39 is 0 Å². The number of hydrogen-bond donors (Lipinski definition) is 0. The number of aryl methyl sites for hydroxylation is 1. The predicted molar refractivity (Wildman–Crippen MR) is 54.5 cm³/mol. The molecule has 0 heterocycles. The van der Waals surface area contributed by atoms with Crippen molar-refractivity contribution in [2.45, 2.75) is 39.5 Å². The summed E-state index contributed by atoms with van der Waals surface area (Å²) < 4.78 is 13.5. The van der Waals surface area contributed by atoms with Gasteiger partial charge in [0.1, 0.15) is 5.82 Å². The molecule has 1 rings (SSSR count). The summed E-state index contributed by atoms with van der Waals surface area (Å²) in [6.07, 6.45) is 0.951. The first-order valence-electron chi connectivity index (χ1n) is 4.74. The predicted octanol–water partition coefficient (Wildman–Crippen LogP) is 3.82. The molecular formula is C12H17F. The highest BCUT2D eigenvalue weighted by Crippen LogP contribution is 2.29.